The number of anilines is 1. The Morgan fingerprint density at radius 2 is 1.94 bits per heavy atom. The van der Waals surface area contributed by atoms with E-state index in [-0.39, 0.29) is 5.03 Å². The number of aromatic nitrogens is 2. The fourth-order valence-corrected chi connectivity index (χ4v) is 2.70. The van der Waals surface area contributed by atoms with Gasteiger partial charge >= 0.3 is 0 Å². The van der Waals surface area contributed by atoms with Crippen LogP contribution in [-0.2, 0) is 16.4 Å². The summed E-state index contributed by atoms with van der Waals surface area (Å²) < 4.78 is 25.6. The molecule has 1 aromatic heterocycles. The highest BCUT2D eigenvalue weighted by Crippen LogP contribution is 2.20. The van der Waals surface area contributed by atoms with Crippen molar-refractivity contribution in [2.45, 2.75) is 18.4 Å². The summed E-state index contributed by atoms with van der Waals surface area (Å²) in [6, 6.07) is 7.45. The van der Waals surface area contributed by atoms with E-state index in [1.165, 1.54) is 29.4 Å². The lowest BCUT2D eigenvalue weighted by Crippen LogP contribution is -2.26. The molecule has 1 heterocycles. The number of aromatic amines is 1. The summed E-state index contributed by atoms with van der Waals surface area (Å²) in [6.45, 7) is 2.06. The lowest BCUT2D eigenvalue weighted by Gasteiger charge is -2.18. The molecule has 0 aliphatic carbocycles. The summed E-state index contributed by atoms with van der Waals surface area (Å²) in [5, 5.41) is 0.0876. The minimum absolute atomic E-state index is 0.0876. The minimum atomic E-state index is -3.55. The van der Waals surface area contributed by atoms with Crippen molar-refractivity contribution in [1.82, 2.24) is 9.97 Å². The second-order valence-electron chi connectivity index (χ2n) is 3.91. The molecule has 0 aliphatic rings. The lowest BCUT2D eigenvalue weighted by molar-refractivity contribution is 0.591. The van der Waals surface area contributed by atoms with E-state index in [2.05, 4.69) is 16.9 Å². The summed E-state index contributed by atoms with van der Waals surface area (Å²) in [4.78, 5) is 6.34. The monoisotopic (exact) mass is 265 g/mol. The third-order valence-electron chi connectivity index (χ3n) is 2.82. The molecule has 1 N–H and O–H groups in total. The highest BCUT2D eigenvalue weighted by molar-refractivity contribution is 7.92. The quantitative estimate of drug-likeness (QED) is 0.916. The van der Waals surface area contributed by atoms with Crippen molar-refractivity contribution in [3.63, 3.8) is 0 Å². The molecule has 0 atom stereocenters. The van der Waals surface area contributed by atoms with E-state index in [0.717, 1.165) is 6.42 Å². The number of nitrogens with one attached hydrogen (secondary N) is 1. The Morgan fingerprint density at radius 1 is 1.28 bits per heavy atom. The van der Waals surface area contributed by atoms with Crippen molar-refractivity contribution < 1.29 is 8.42 Å². The fourth-order valence-electron chi connectivity index (χ4n) is 1.61. The normalized spacial score (nSPS) is 11.4. The predicted octanol–water partition coefficient (Wildman–Crippen LogP) is 1.80. The molecule has 1 aromatic carbocycles. The third-order valence-corrected chi connectivity index (χ3v) is 4.53. The zero-order valence-corrected chi connectivity index (χ0v) is 11.1. The Balaban J connectivity index is 2.33. The van der Waals surface area contributed by atoms with Crippen LogP contribution in [0.1, 0.15) is 12.5 Å². The molecule has 0 saturated carbocycles. The molecule has 2 rings (SSSR count). The van der Waals surface area contributed by atoms with Crippen LogP contribution in [-0.4, -0.2) is 25.4 Å². The highest BCUT2D eigenvalue weighted by Gasteiger charge is 2.22. The van der Waals surface area contributed by atoms with Crippen LogP contribution < -0.4 is 4.31 Å². The van der Waals surface area contributed by atoms with Crippen LogP contribution in [0.5, 0.6) is 0 Å². The minimum Gasteiger partial charge on any atom is -0.334 e. The molecule has 5 nitrogen and oxygen atoms in total. The van der Waals surface area contributed by atoms with E-state index in [0.29, 0.717) is 5.69 Å². The van der Waals surface area contributed by atoms with Gasteiger partial charge in [-0.2, -0.15) is 8.42 Å². The van der Waals surface area contributed by atoms with E-state index >= 15 is 0 Å². The van der Waals surface area contributed by atoms with E-state index < -0.39 is 10.0 Å². The summed E-state index contributed by atoms with van der Waals surface area (Å²) in [5.74, 6) is 0. The molecule has 0 saturated heterocycles. The van der Waals surface area contributed by atoms with Gasteiger partial charge in [-0.1, -0.05) is 19.1 Å². The van der Waals surface area contributed by atoms with Crippen LogP contribution in [0.25, 0.3) is 0 Å². The van der Waals surface area contributed by atoms with Crippen LogP contribution in [0, 0.1) is 0 Å². The Labute approximate surface area is 107 Å². The van der Waals surface area contributed by atoms with Gasteiger partial charge in [0.05, 0.1) is 18.2 Å². The van der Waals surface area contributed by atoms with Crippen molar-refractivity contribution in [3.05, 3.63) is 42.4 Å². The fraction of sp³-hybridized carbons (Fsp3) is 0.250. The SMILES string of the molecule is CCc1ccc(N(C)S(=O)(=O)c2cnc[nH]2)cc1. The number of rotatable bonds is 4. The van der Waals surface area contributed by atoms with Gasteiger partial charge in [0.1, 0.15) is 0 Å². The smallest absolute Gasteiger partial charge is 0.281 e. The number of nitrogens with zero attached hydrogens (tertiary/aromatic N) is 2. The summed E-state index contributed by atoms with van der Waals surface area (Å²) in [5.41, 5.74) is 1.80. The van der Waals surface area contributed by atoms with E-state index in [1.807, 2.05) is 12.1 Å². The maximum atomic E-state index is 12.2. The summed E-state index contributed by atoms with van der Waals surface area (Å²) in [6.07, 6.45) is 3.57. The first-order chi connectivity index (χ1) is 8.55. The second-order valence-corrected chi connectivity index (χ2v) is 5.85. The number of H-pyrrole nitrogens is 1. The molecule has 0 spiro atoms. The number of benzene rings is 1. The summed E-state index contributed by atoms with van der Waals surface area (Å²) in [7, 11) is -2.03. The van der Waals surface area contributed by atoms with Gasteiger partial charge in [-0.15, -0.1) is 0 Å². The largest absolute Gasteiger partial charge is 0.334 e. The van der Waals surface area contributed by atoms with Crippen molar-refractivity contribution in [3.8, 4) is 0 Å². The van der Waals surface area contributed by atoms with Crippen molar-refractivity contribution >= 4 is 15.7 Å². The predicted molar refractivity (Wildman–Crippen MR) is 70.0 cm³/mol. The average Bonchev–Trinajstić information content (AvgIpc) is 2.92. The Morgan fingerprint density at radius 3 is 2.44 bits per heavy atom. The molecule has 0 radical (unpaired) electrons. The molecule has 0 fully saturated rings. The maximum absolute atomic E-state index is 12.2. The number of hydrogen-bond donors (Lipinski definition) is 1. The molecular weight excluding hydrogens is 250 g/mol. The molecule has 6 heteroatoms. The molecule has 0 unspecified atom stereocenters. The number of hydrogen-bond acceptors (Lipinski definition) is 3. The topological polar surface area (TPSA) is 66.1 Å². The average molecular weight is 265 g/mol. The standard InChI is InChI=1S/C12H15N3O2S/c1-3-10-4-6-11(7-5-10)15(2)18(16,17)12-8-13-9-14-12/h4-9H,3H2,1-2H3,(H,13,14). The van der Waals surface area contributed by atoms with Crippen LogP contribution in [0.2, 0.25) is 0 Å². The first-order valence-corrected chi connectivity index (χ1v) is 7.06. The van der Waals surface area contributed by atoms with Gasteiger partial charge < -0.3 is 4.98 Å². The Kier molecular flexibility index (Phi) is 3.38. The first-order valence-electron chi connectivity index (χ1n) is 5.62. The van der Waals surface area contributed by atoms with Crippen LogP contribution in [0.4, 0.5) is 5.69 Å². The van der Waals surface area contributed by atoms with Gasteiger partial charge in [-0.3, -0.25) is 4.31 Å². The van der Waals surface area contributed by atoms with Gasteiger partial charge in [-0.25, -0.2) is 4.98 Å². The van der Waals surface area contributed by atoms with Crippen LogP contribution >= 0.6 is 0 Å². The zero-order valence-electron chi connectivity index (χ0n) is 10.3. The molecule has 0 aliphatic heterocycles. The zero-order chi connectivity index (χ0) is 13.2. The number of aryl methyl sites for hydroxylation is 1. The molecule has 96 valence electrons. The molecule has 0 bridgehead atoms. The highest BCUT2D eigenvalue weighted by atomic mass is 32.2. The third kappa shape index (κ3) is 2.24. The molecule has 18 heavy (non-hydrogen) atoms. The van der Waals surface area contributed by atoms with Gasteiger partial charge in [0.2, 0.25) is 0 Å². The molecule has 2 aromatic rings. The second kappa shape index (κ2) is 4.81. The van der Waals surface area contributed by atoms with E-state index in [4.69, 9.17) is 0 Å². The van der Waals surface area contributed by atoms with Gasteiger partial charge in [0.15, 0.2) is 5.03 Å². The first kappa shape index (κ1) is 12.6. The number of imidazole rings is 1. The molecule has 0 amide bonds. The van der Waals surface area contributed by atoms with Crippen molar-refractivity contribution in [2.75, 3.05) is 11.4 Å². The van der Waals surface area contributed by atoms with E-state index in [1.54, 1.807) is 12.1 Å². The summed E-state index contributed by atoms with van der Waals surface area (Å²) >= 11 is 0. The Hall–Kier alpha value is -1.82. The van der Waals surface area contributed by atoms with E-state index in [9.17, 15) is 8.42 Å². The van der Waals surface area contributed by atoms with Crippen molar-refractivity contribution in [2.24, 2.45) is 0 Å². The van der Waals surface area contributed by atoms with Crippen LogP contribution in [0.15, 0.2) is 41.8 Å². The van der Waals surface area contributed by atoms with Crippen molar-refractivity contribution in [1.29, 1.82) is 0 Å². The molecular formula is C12H15N3O2S. The van der Waals surface area contributed by atoms with Gasteiger partial charge in [0.25, 0.3) is 10.0 Å². The van der Waals surface area contributed by atoms with Crippen LogP contribution in [0.3, 0.4) is 0 Å². The Bertz CT molecular complexity index is 603. The maximum Gasteiger partial charge on any atom is 0.281 e. The van der Waals surface area contributed by atoms with Gasteiger partial charge in [-0.05, 0) is 24.1 Å². The number of sulfonamides is 1. The lowest BCUT2D eigenvalue weighted by atomic mass is 10.1. The van der Waals surface area contributed by atoms with Gasteiger partial charge in [0, 0.05) is 7.05 Å².